The quantitative estimate of drug-likeness (QED) is 0.388. The summed E-state index contributed by atoms with van der Waals surface area (Å²) in [7, 11) is 4.22. The molecule has 0 aliphatic carbocycles. The molecular formula is C25H30N6S. The van der Waals surface area contributed by atoms with Gasteiger partial charge in [0.05, 0.1) is 22.1 Å². The van der Waals surface area contributed by atoms with Crippen LogP contribution in [0.4, 0.5) is 17.3 Å². The number of hydrogen-bond acceptors (Lipinski definition) is 6. The molecule has 2 aromatic heterocycles. The zero-order chi connectivity index (χ0) is 22.7. The van der Waals surface area contributed by atoms with Gasteiger partial charge in [-0.25, -0.2) is 9.97 Å². The molecule has 3 heterocycles. The van der Waals surface area contributed by atoms with E-state index in [0.29, 0.717) is 12.4 Å². The van der Waals surface area contributed by atoms with Gasteiger partial charge in [-0.1, -0.05) is 24.4 Å². The molecule has 0 saturated carbocycles. The van der Waals surface area contributed by atoms with Crippen LogP contribution in [-0.2, 0) is 12.8 Å². The van der Waals surface area contributed by atoms with Gasteiger partial charge in [-0.05, 0) is 77.5 Å². The van der Waals surface area contributed by atoms with Gasteiger partial charge in [0, 0.05) is 35.1 Å². The normalized spacial score (nSPS) is 12.7. The first kappa shape index (κ1) is 22.3. The average Bonchev–Trinajstić information content (AvgIpc) is 2.87. The fourth-order valence-corrected chi connectivity index (χ4v) is 4.17. The molecule has 4 rings (SSSR count). The van der Waals surface area contributed by atoms with Gasteiger partial charge < -0.3 is 15.5 Å². The summed E-state index contributed by atoms with van der Waals surface area (Å²) in [5.74, 6) is 0.562. The van der Waals surface area contributed by atoms with Crippen molar-refractivity contribution >= 4 is 34.5 Å². The molecule has 0 fully saturated rings. The van der Waals surface area contributed by atoms with Crippen molar-refractivity contribution in [3.05, 3.63) is 59.0 Å². The van der Waals surface area contributed by atoms with E-state index in [4.69, 9.17) is 22.2 Å². The second kappa shape index (κ2) is 9.71. The topological polar surface area (TPSA) is 66.0 Å². The molecule has 1 aliphatic heterocycles. The van der Waals surface area contributed by atoms with Gasteiger partial charge in [0.15, 0.2) is 0 Å². The number of thiocarbonyl (C=S) groups is 1. The van der Waals surface area contributed by atoms with E-state index in [9.17, 15) is 0 Å². The summed E-state index contributed by atoms with van der Waals surface area (Å²) >= 11 is 5.51. The van der Waals surface area contributed by atoms with E-state index in [1.54, 1.807) is 0 Å². The molecule has 0 spiro atoms. The molecule has 6 nitrogen and oxygen atoms in total. The summed E-state index contributed by atoms with van der Waals surface area (Å²) in [6, 6.07) is 10.5. The van der Waals surface area contributed by atoms with Gasteiger partial charge in [0.1, 0.15) is 0 Å². The van der Waals surface area contributed by atoms with Crippen molar-refractivity contribution in [2.24, 2.45) is 0 Å². The number of hydrogen-bond donors (Lipinski definition) is 2. The second-order valence-corrected chi connectivity index (χ2v) is 9.16. The molecular weight excluding hydrogens is 416 g/mol. The standard InChI is InChI=1S/C25H30N6S/c1-16-8-10-20-22(13-16)28-23(32)14-18-15-26-25(30-24(18)20)29-21-11-9-19(27-17(21)2)7-5-6-12-31(3)4/h8-11,13,15H,5-7,12,14H2,1-4H3,(H,28,32)(H,26,29,30). The predicted octanol–water partition coefficient (Wildman–Crippen LogP) is 5.08. The monoisotopic (exact) mass is 446 g/mol. The van der Waals surface area contributed by atoms with Crippen molar-refractivity contribution in [3.8, 4) is 11.3 Å². The molecule has 0 unspecified atom stereocenters. The van der Waals surface area contributed by atoms with Gasteiger partial charge in [-0.2, -0.15) is 0 Å². The molecule has 166 valence electrons. The van der Waals surface area contributed by atoms with Crippen molar-refractivity contribution in [2.45, 2.75) is 39.5 Å². The summed E-state index contributed by atoms with van der Waals surface area (Å²) in [5, 5.41) is 6.71. The Morgan fingerprint density at radius 3 is 2.72 bits per heavy atom. The number of anilines is 3. The zero-order valence-electron chi connectivity index (χ0n) is 19.2. The summed E-state index contributed by atoms with van der Waals surface area (Å²) in [5.41, 5.74) is 8.15. The van der Waals surface area contributed by atoms with Crippen molar-refractivity contribution in [2.75, 3.05) is 31.3 Å². The van der Waals surface area contributed by atoms with Crippen LogP contribution < -0.4 is 10.6 Å². The van der Waals surface area contributed by atoms with Crippen molar-refractivity contribution in [1.29, 1.82) is 0 Å². The van der Waals surface area contributed by atoms with Crippen LogP contribution in [0.1, 0.15) is 35.4 Å². The van der Waals surface area contributed by atoms with E-state index in [1.165, 1.54) is 12.0 Å². The van der Waals surface area contributed by atoms with E-state index in [0.717, 1.165) is 64.0 Å². The minimum absolute atomic E-state index is 0.562. The van der Waals surface area contributed by atoms with E-state index in [1.807, 2.05) is 13.1 Å². The maximum absolute atomic E-state index is 5.51. The lowest BCUT2D eigenvalue weighted by molar-refractivity contribution is 0.394. The number of nitrogens with zero attached hydrogens (tertiary/aromatic N) is 4. The van der Waals surface area contributed by atoms with Crippen LogP contribution >= 0.6 is 12.2 Å². The highest BCUT2D eigenvalue weighted by Gasteiger charge is 2.19. The van der Waals surface area contributed by atoms with Gasteiger partial charge >= 0.3 is 0 Å². The first-order valence-electron chi connectivity index (χ1n) is 11.0. The number of unbranched alkanes of at least 4 members (excludes halogenated alkanes) is 1. The third kappa shape index (κ3) is 5.29. The first-order valence-corrected chi connectivity index (χ1v) is 11.4. The van der Waals surface area contributed by atoms with E-state index in [-0.39, 0.29) is 0 Å². The molecule has 0 amide bonds. The van der Waals surface area contributed by atoms with Crippen LogP contribution in [0.3, 0.4) is 0 Å². The molecule has 3 aromatic rings. The number of aromatic nitrogens is 3. The first-order chi connectivity index (χ1) is 15.4. The fraction of sp³-hybridized carbons (Fsp3) is 0.360. The Morgan fingerprint density at radius 2 is 1.94 bits per heavy atom. The Bertz CT molecular complexity index is 1140. The van der Waals surface area contributed by atoms with Crippen LogP contribution in [0, 0.1) is 13.8 Å². The van der Waals surface area contributed by atoms with Gasteiger partial charge in [0.25, 0.3) is 0 Å². The Balaban J connectivity index is 1.54. The van der Waals surface area contributed by atoms with Crippen molar-refractivity contribution in [3.63, 3.8) is 0 Å². The Kier molecular flexibility index (Phi) is 6.77. The van der Waals surface area contributed by atoms with Crippen molar-refractivity contribution in [1.82, 2.24) is 19.9 Å². The molecule has 0 atom stereocenters. The van der Waals surface area contributed by atoms with E-state index in [2.05, 4.69) is 71.9 Å². The lowest BCUT2D eigenvalue weighted by atomic mass is 10.0. The molecule has 1 aliphatic rings. The number of fused-ring (bicyclic) bond motifs is 3. The van der Waals surface area contributed by atoms with Gasteiger partial charge in [0.2, 0.25) is 5.95 Å². The number of rotatable bonds is 7. The lowest BCUT2D eigenvalue weighted by Crippen LogP contribution is -2.13. The van der Waals surface area contributed by atoms with Crippen LogP contribution in [0.2, 0.25) is 0 Å². The zero-order valence-corrected chi connectivity index (χ0v) is 20.0. The van der Waals surface area contributed by atoms with Crippen LogP contribution in [0.15, 0.2) is 36.5 Å². The summed E-state index contributed by atoms with van der Waals surface area (Å²) < 4.78 is 0. The summed E-state index contributed by atoms with van der Waals surface area (Å²) in [6.07, 6.45) is 5.81. The third-order valence-corrected chi connectivity index (χ3v) is 5.84. The number of aryl methyl sites for hydroxylation is 3. The van der Waals surface area contributed by atoms with Gasteiger partial charge in [-0.15, -0.1) is 0 Å². The second-order valence-electron chi connectivity index (χ2n) is 8.66. The van der Waals surface area contributed by atoms with Gasteiger partial charge in [-0.3, -0.25) is 4.98 Å². The molecule has 2 N–H and O–H groups in total. The number of nitrogens with one attached hydrogen (secondary N) is 2. The SMILES string of the molecule is Cc1ccc2c(c1)NC(=S)Cc1cnc(Nc3ccc(CCCCN(C)C)nc3C)nc1-2. The van der Waals surface area contributed by atoms with Crippen LogP contribution in [-0.4, -0.2) is 45.5 Å². The Hall–Kier alpha value is -2.90. The molecule has 0 radical (unpaired) electrons. The minimum atomic E-state index is 0.562. The molecule has 32 heavy (non-hydrogen) atoms. The summed E-state index contributed by atoms with van der Waals surface area (Å²) in [6.45, 7) is 5.21. The Labute approximate surface area is 195 Å². The van der Waals surface area contributed by atoms with Crippen LogP contribution in [0.25, 0.3) is 11.3 Å². The maximum Gasteiger partial charge on any atom is 0.227 e. The number of pyridine rings is 1. The Morgan fingerprint density at radius 1 is 1.09 bits per heavy atom. The smallest absolute Gasteiger partial charge is 0.227 e. The highest BCUT2D eigenvalue weighted by molar-refractivity contribution is 7.80. The molecule has 7 heteroatoms. The number of benzene rings is 1. The highest BCUT2D eigenvalue weighted by Crippen LogP contribution is 2.34. The highest BCUT2D eigenvalue weighted by atomic mass is 32.1. The van der Waals surface area contributed by atoms with E-state index < -0.39 is 0 Å². The fourth-order valence-electron chi connectivity index (χ4n) is 3.90. The van der Waals surface area contributed by atoms with Crippen molar-refractivity contribution < 1.29 is 0 Å². The predicted molar refractivity (Wildman–Crippen MR) is 136 cm³/mol. The minimum Gasteiger partial charge on any atom is -0.349 e. The largest absolute Gasteiger partial charge is 0.349 e. The molecule has 1 aromatic carbocycles. The molecule has 0 saturated heterocycles. The maximum atomic E-state index is 5.51. The van der Waals surface area contributed by atoms with Crippen LogP contribution in [0.5, 0.6) is 0 Å². The lowest BCUT2D eigenvalue weighted by Gasteiger charge is -2.13. The third-order valence-electron chi connectivity index (χ3n) is 5.60. The summed E-state index contributed by atoms with van der Waals surface area (Å²) in [4.78, 5) is 17.2. The molecule has 0 bridgehead atoms. The average molecular weight is 447 g/mol. The van der Waals surface area contributed by atoms with E-state index >= 15 is 0 Å².